The molecule has 2 aliphatic heterocycles. The van der Waals surface area contributed by atoms with Crippen LogP contribution in [-0.4, -0.2) is 23.6 Å². The Morgan fingerprint density at radius 2 is 2.10 bits per heavy atom. The summed E-state index contributed by atoms with van der Waals surface area (Å²) >= 11 is 0. The summed E-state index contributed by atoms with van der Waals surface area (Å²) in [6.07, 6.45) is 7.76. The molecule has 4 unspecified atom stereocenters. The van der Waals surface area contributed by atoms with E-state index in [0.29, 0.717) is 18.3 Å². The Hall–Kier alpha value is -0.610. The van der Waals surface area contributed by atoms with Gasteiger partial charge in [0.05, 0.1) is 0 Å². The molecule has 4 fully saturated rings. The number of epoxide rings is 2. The zero-order valence-corrected chi connectivity index (χ0v) is 12.4. The van der Waals surface area contributed by atoms with Crippen LogP contribution < -0.4 is 0 Å². The molecule has 112 valence electrons. The van der Waals surface area contributed by atoms with Crippen LogP contribution in [0, 0.1) is 17.8 Å². The van der Waals surface area contributed by atoms with E-state index in [4.69, 9.17) is 14.2 Å². The van der Waals surface area contributed by atoms with Crippen molar-refractivity contribution in [2.24, 2.45) is 17.8 Å². The van der Waals surface area contributed by atoms with Gasteiger partial charge in [-0.2, -0.15) is 0 Å². The van der Waals surface area contributed by atoms with E-state index in [0.717, 1.165) is 25.2 Å². The molecule has 0 N–H and O–H groups in total. The third-order valence-corrected chi connectivity index (χ3v) is 5.97. The Kier molecular flexibility index (Phi) is 2.60. The molecule has 0 bridgehead atoms. The van der Waals surface area contributed by atoms with Gasteiger partial charge >= 0.3 is 0 Å². The number of carbonyl (C=O) groups excluding carboxylic acids is 1. The summed E-state index contributed by atoms with van der Waals surface area (Å²) in [4.78, 5) is 11.0. The molecular formula is C16H24O4. The number of hydrogen-bond donors (Lipinski definition) is 0. The van der Waals surface area contributed by atoms with Gasteiger partial charge in [0, 0.05) is 12.3 Å². The van der Waals surface area contributed by atoms with E-state index in [2.05, 4.69) is 13.8 Å². The minimum Gasteiger partial charge on any atom is -0.461 e. The molecule has 2 heterocycles. The fraction of sp³-hybridized carbons (Fsp3) is 0.938. The molecule has 0 aromatic heterocycles. The molecule has 0 radical (unpaired) electrons. The smallest absolute Gasteiger partial charge is 0.293 e. The van der Waals surface area contributed by atoms with Crippen LogP contribution in [-0.2, 0) is 19.0 Å². The van der Waals surface area contributed by atoms with Crippen LogP contribution in [0.5, 0.6) is 0 Å². The number of ether oxygens (including phenoxy) is 3. The van der Waals surface area contributed by atoms with Gasteiger partial charge in [0.2, 0.25) is 11.6 Å². The Bertz CT molecular complexity index is 428. The van der Waals surface area contributed by atoms with Gasteiger partial charge in [-0.1, -0.05) is 33.1 Å². The van der Waals surface area contributed by atoms with Crippen molar-refractivity contribution < 1.29 is 19.0 Å². The maximum Gasteiger partial charge on any atom is 0.293 e. The predicted molar refractivity (Wildman–Crippen MR) is 71.6 cm³/mol. The van der Waals surface area contributed by atoms with Crippen molar-refractivity contribution >= 4 is 6.47 Å². The summed E-state index contributed by atoms with van der Waals surface area (Å²) < 4.78 is 17.1. The van der Waals surface area contributed by atoms with Crippen LogP contribution >= 0.6 is 0 Å². The lowest BCUT2D eigenvalue weighted by molar-refractivity contribution is -0.153. The lowest BCUT2D eigenvalue weighted by Crippen LogP contribution is -2.43. The monoisotopic (exact) mass is 280 g/mol. The van der Waals surface area contributed by atoms with E-state index in [1.807, 2.05) is 0 Å². The van der Waals surface area contributed by atoms with Gasteiger partial charge in [0.25, 0.3) is 6.47 Å². The third-order valence-electron chi connectivity index (χ3n) is 5.97. The number of hydrogen-bond acceptors (Lipinski definition) is 4. The van der Waals surface area contributed by atoms with Crippen molar-refractivity contribution in [1.29, 1.82) is 0 Å². The molecule has 2 saturated carbocycles. The van der Waals surface area contributed by atoms with Gasteiger partial charge in [-0.15, -0.1) is 0 Å². The zero-order valence-electron chi connectivity index (χ0n) is 12.4. The molecule has 4 nitrogen and oxygen atoms in total. The largest absolute Gasteiger partial charge is 0.461 e. The summed E-state index contributed by atoms with van der Waals surface area (Å²) in [7, 11) is 0. The van der Waals surface area contributed by atoms with E-state index in [1.165, 1.54) is 25.7 Å². The van der Waals surface area contributed by atoms with Crippen molar-refractivity contribution in [2.45, 2.75) is 76.0 Å². The SMILES string of the molecule is CC1CCCC(CC2(OC=O)CC(C)C34OC3(C2)O4)C1. The van der Waals surface area contributed by atoms with Gasteiger partial charge < -0.3 is 14.2 Å². The topological polar surface area (TPSA) is 51.4 Å². The Balaban J connectivity index is 1.50. The highest BCUT2D eigenvalue weighted by Crippen LogP contribution is 2.78. The van der Waals surface area contributed by atoms with Gasteiger partial charge in [-0.05, 0) is 31.1 Å². The molecule has 4 aliphatic rings. The molecule has 4 atom stereocenters. The van der Waals surface area contributed by atoms with Crippen LogP contribution in [0.15, 0.2) is 0 Å². The van der Waals surface area contributed by atoms with Crippen molar-refractivity contribution in [3.63, 3.8) is 0 Å². The Morgan fingerprint density at radius 3 is 2.75 bits per heavy atom. The fourth-order valence-electron chi connectivity index (χ4n) is 5.07. The molecule has 2 aliphatic carbocycles. The summed E-state index contributed by atoms with van der Waals surface area (Å²) in [5.41, 5.74) is -0.362. The third kappa shape index (κ3) is 1.70. The van der Waals surface area contributed by atoms with E-state index in [9.17, 15) is 4.79 Å². The molecule has 0 aromatic rings. The Morgan fingerprint density at radius 1 is 1.30 bits per heavy atom. The maximum absolute atomic E-state index is 11.0. The molecule has 4 rings (SSSR count). The molecular weight excluding hydrogens is 256 g/mol. The Labute approximate surface area is 120 Å². The normalized spacial score (nSPS) is 56.4. The van der Waals surface area contributed by atoms with Crippen LogP contribution in [0.1, 0.15) is 58.8 Å². The summed E-state index contributed by atoms with van der Waals surface area (Å²) in [6.45, 7) is 5.12. The van der Waals surface area contributed by atoms with E-state index < -0.39 is 5.79 Å². The highest BCUT2D eigenvalue weighted by atomic mass is 17.0. The lowest BCUT2D eigenvalue weighted by atomic mass is 9.70. The second-order valence-electron chi connectivity index (χ2n) is 7.65. The second-order valence-corrected chi connectivity index (χ2v) is 7.65. The molecule has 2 saturated heterocycles. The average Bonchev–Trinajstić information content (AvgIpc) is 3.15. The second kappa shape index (κ2) is 3.98. The lowest BCUT2D eigenvalue weighted by Gasteiger charge is -2.39. The van der Waals surface area contributed by atoms with E-state index >= 15 is 0 Å². The van der Waals surface area contributed by atoms with E-state index in [-0.39, 0.29) is 11.4 Å². The van der Waals surface area contributed by atoms with Gasteiger partial charge in [0.15, 0.2) is 0 Å². The van der Waals surface area contributed by atoms with Crippen LogP contribution in [0.2, 0.25) is 0 Å². The van der Waals surface area contributed by atoms with E-state index in [1.54, 1.807) is 0 Å². The van der Waals surface area contributed by atoms with Gasteiger partial charge in [0.1, 0.15) is 5.60 Å². The van der Waals surface area contributed by atoms with Crippen molar-refractivity contribution in [3.8, 4) is 0 Å². The average molecular weight is 280 g/mol. The van der Waals surface area contributed by atoms with Crippen LogP contribution in [0.4, 0.5) is 0 Å². The first-order valence-corrected chi connectivity index (χ1v) is 8.05. The van der Waals surface area contributed by atoms with Crippen molar-refractivity contribution in [2.75, 3.05) is 0 Å². The van der Waals surface area contributed by atoms with Crippen molar-refractivity contribution in [3.05, 3.63) is 0 Å². The molecule has 20 heavy (non-hydrogen) atoms. The highest BCUT2D eigenvalue weighted by Gasteiger charge is 2.95. The van der Waals surface area contributed by atoms with Crippen molar-refractivity contribution in [1.82, 2.24) is 0 Å². The molecule has 0 spiro atoms. The van der Waals surface area contributed by atoms with Crippen LogP contribution in [0.25, 0.3) is 0 Å². The first-order valence-electron chi connectivity index (χ1n) is 8.05. The van der Waals surface area contributed by atoms with Gasteiger partial charge in [-0.25, -0.2) is 0 Å². The molecule has 0 aromatic carbocycles. The zero-order chi connectivity index (χ0) is 14.0. The molecule has 0 amide bonds. The number of rotatable bonds is 4. The predicted octanol–water partition coefficient (Wildman–Crippen LogP) is 3.00. The highest BCUT2D eigenvalue weighted by molar-refractivity contribution is 5.40. The molecule has 4 heteroatoms. The minimum atomic E-state index is -0.395. The summed E-state index contributed by atoms with van der Waals surface area (Å²) in [5, 5.41) is 0. The van der Waals surface area contributed by atoms with Gasteiger partial charge in [-0.3, -0.25) is 4.79 Å². The standard InChI is InChI=1S/C16H24O4/c1-11-4-3-5-13(6-11)8-14(18-10-17)7-12(2)16-15(9-14,19-16)20-16/h10-13H,3-9H2,1-2H3. The minimum absolute atomic E-state index is 0.303. The first kappa shape index (κ1) is 13.1. The maximum atomic E-state index is 11.0. The quantitative estimate of drug-likeness (QED) is 0.587. The fourth-order valence-corrected chi connectivity index (χ4v) is 5.07. The summed E-state index contributed by atoms with van der Waals surface area (Å²) in [5.74, 6) is 1.09. The first-order chi connectivity index (χ1) is 9.53. The summed E-state index contributed by atoms with van der Waals surface area (Å²) in [6, 6.07) is 0. The number of carbonyl (C=O) groups is 1. The van der Waals surface area contributed by atoms with Crippen LogP contribution in [0.3, 0.4) is 0 Å².